The van der Waals surface area contributed by atoms with Crippen LogP contribution in [-0.4, -0.2) is 19.5 Å². The van der Waals surface area contributed by atoms with E-state index in [0.29, 0.717) is 34.2 Å². The van der Waals surface area contributed by atoms with Crippen LogP contribution in [-0.2, 0) is 0 Å². The molecule has 6 heteroatoms. The first-order valence-electron chi connectivity index (χ1n) is 19.3. The van der Waals surface area contributed by atoms with Gasteiger partial charge in [-0.1, -0.05) is 133 Å². The SMILES string of the molecule is N#Cc1ccc(-c2ccc(-c3nc(-c4ccccc4)nc(-c4ccccc4C#N)n3)c(-n3c4ccc(-c5ccccc5)cc4c4cc(-c5ccccc5)ccc43)c2)cc1. The van der Waals surface area contributed by atoms with Gasteiger partial charge in [-0.15, -0.1) is 0 Å². The van der Waals surface area contributed by atoms with Gasteiger partial charge in [0.25, 0.3) is 0 Å². The van der Waals surface area contributed by atoms with E-state index in [1.807, 2.05) is 84.9 Å². The van der Waals surface area contributed by atoms with Gasteiger partial charge in [0.05, 0.1) is 40.0 Å². The van der Waals surface area contributed by atoms with Gasteiger partial charge in [0.2, 0.25) is 0 Å². The van der Waals surface area contributed by atoms with Crippen molar-refractivity contribution in [3.63, 3.8) is 0 Å². The molecule has 0 N–H and O–H groups in total. The second kappa shape index (κ2) is 14.9. The first kappa shape index (κ1) is 35.0. The summed E-state index contributed by atoms with van der Waals surface area (Å²) in [4.78, 5) is 15.3. The Labute approximate surface area is 341 Å². The van der Waals surface area contributed by atoms with Crippen molar-refractivity contribution < 1.29 is 0 Å². The minimum atomic E-state index is 0.412. The molecule has 0 aliphatic heterocycles. The first-order chi connectivity index (χ1) is 29.1. The van der Waals surface area contributed by atoms with Crippen LogP contribution < -0.4 is 0 Å². The number of nitriles is 2. The van der Waals surface area contributed by atoms with Crippen LogP contribution in [0.2, 0.25) is 0 Å². The van der Waals surface area contributed by atoms with Gasteiger partial charge in [-0.05, 0) is 94.0 Å². The predicted octanol–water partition coefficient (Wildman–Crippen LogP) is 12.7. The van der Waals surface area contributed by atoms with Gasteiger partial charge in [-0.2, -0.15) is 10.5 Å². The summed E-state index contributed by atoms with van der Waals surface area (Å²) in [7, 11) is 0. The molecule has 0 amide bonds. The minimum Gasteiger partial charge on any atom is -0.308 e. The molecule has 0 fully saturated rings. The second-order valence-corrected chi connectivity index (χ2v) is 14.3. The van der Waals surface area contributed by atoms with Gasteiger partial charge in [0.15, 0.2) is 17.5 Å². The van der Waals surface area contributed by atoms with Crippen molar-refractivity contribution in [1.82, 2.24) is 19.5 Å². The van der Waals surface area contributed by atoms with Crippen LogP contribution in [0, 0.1) is 22.7 Å². The summed E-state index contributed by atoms with van der Waals surface area (Å²) in [5.74, 6) is 1.39. The maximum absolute atomic E-state index is 10.1. The van der Waals surface area contributed by atoms with E-state index in [9.17, 15) is 10.5 Å². The van der Waals surface area contributed by atoms with Crippen molar-refractivity contribution in [2.24, 2.45) is 0 Å². The van der Waals surface area contributed by atoms with E-state index in [2.05, 4.69) is 120 Å². The Hall–Kier alpha value is -8.45. The molecule has 6 nitrogen and oxygen atoms in total. The molecule has 2 aromatic heterocycles. The zero-order chi connectivity index (χ0) is 39.7. The number of hydrogen-bond acceptors (Lipinski definition) is 5. The minimum absolute atomic E-state index is 0.412. The van der Waals surface area contributed by atoms with Gasteiger partial charge in [-0.3, -0.25) is 0 Å². The summed E-state index contributed by atoms with van der Waals surface area (Å²) < 4.78 is 2.31. The van der Waals surface area contributed by atoms with Gasteiger partial charge < -0.3 is 4.57 Å². The fourth-order valence-electron chi connectivity index (χ4n) is 7.83. The van der Waals surface area contributed by atoms with E-state index in [-0.39, 0.29) is 0 Å². The third-order valence-corrected chi connectivity index (χ3v) is 10.8. The summed E-state index contributed by atoms with van der Waals surface area (Å²) in [6.07, 6.45) is 0. The Morgan fingerprint density at radius 3 is 1.39 bits per heavy atom. The van der Waals surface area contributed by atoms with Crippen LogP contribution >= 0.6 is 0 Å². The van der Waals surface area contributed by atoms with Gasteiger partial charge in [0.1, 0.15) is 0 Å². The molecule has 0 aliphatic rings. The molecule has 0 aliphatic carbocycles. The molecule has 0 saturated heterocycles. The Kier molecular flexibility index (Phi) is 8.84. The average Bonchev–Trinajstić information content (AvgIpc) is 3.65. The fraction of sp³-hybridized carbons (Fsp3) is 0. The largest absolute Gasteiger partial charge is 0.308 e. The van der Waals surface area contributed by atoms with Crippen molar-refractivity contribution in [2.75, 3.05) is 0 Å². The molecular formula is C53H32N6. The molecule has 0 spiro atoms. The van der Waals surface area contributed by atoms with Crippen molar-refractivity contribution in [2.45, 2.75) is 0 Å². The number of benzene rings is 8. The summed E-state index contributed by atoms with van der Waals surface area (Å²) in [6.45, 7) is 0. The Bertz CT molecular complexity index is 3170. The number of nitrogens with zero attached hydrogens (tertiary/aromatic N) is 6. The molecule has 8 aromatic carbocycles. The Morgan fingerprint density at radius 2 is 0.814 bits per heavy atom. The lowest BCUT2D eigenvalue weighted by molar-refractivity contribution is 1.06. The lowest BCUT2D eigenvalue weighted by Gasteiger charge is -2.17. The molecule has 10 rings (SSSR count). The van der Waals surface area contributed by atoms with Crippen molar-refractivity contribution in [1.29, 1.82) is 10.5 Å². The van der Waals surface area contributed by atoms with Crippen LogP contribution in [0.15, 0.2) is 194 Å². The number of hydrogen-bond donors (Lipinski definition) is 0. The van der Waals surface area contributed by atoms with Gasteiger partial charge in [-0.25, -0.2) is 15.0 Å². The van der Waals surface area contributed by atoms with Gasteiger partial charge >= 0.3 is 0 Å². The fourth-order valence-corrected chi connectivity index (χ4v) is 7.83. The lowest BCUT2D eigenvalue weighted by atomic mass is 10.00. The first-order valence-corrected chi connectivity index (χ1v) is 19.3. The number of rotatable bonds is 7. The predicted molar refractivity (Wildman–Crippen MR) is 236 cm³/mol. The van der Waals surface area contributed by atoms with Crippen LogP contribution in [0.25, 0.3) is 95.0 Å². The standard InChI is InChI=1S/C53H32N6/c54-33-35-20-22-38(23-21-35)42-24-27-45(53-57-51(39-16-8-3-9-17-39)56-52(58-53)44-19-11-10-18-43(44)34-55)50(32-42)59-48-28-25-40(36-12-4-1-5-13-36)30-46(48)47-31-41(26-29-49(47)59)37-14-6-2-7-15-37/h1-32H. The van der Waals surface area contributed by atoms with Crippen molar-refractivity contribution in [3.8, 4) is 85.4 Å². The highest BCUT2D eigenvalue weighted by molar-refractivity contribution is 6.12. The molecule has 274 valence electrons. The van der Waals surface area contributed by atoms with Crippen molar-refractivity contribution >= 4 is 21.8 Å². The summed E-state index contributed by atoms with van der Waals surface area (Å²) in [5.41, 5.74) is 12.7. The molecule has 59 heavy (non-hydrogen) atoms. The Morgan fingerprint density at radius 1 is 0.356 bits per heavy atom. The molecule has 0 saturated carbocycles. The quantitative estimate of drug-likeness (QED) is 0.162. The summed E-state index contributed by atoms with van der Waals surface area (Å²) in [5, 5.41) is 21.9. The second-order valence-electron chi connectivity index (χ2n) is 14.3. The van der Waals surface area contributed by atoms with E-state index in [1.54, 1.807) is 6.07 Å². The third kappa shape index (κ3) is 6.47. The zero-order valence-corrected chi connectivity index (χ0v) is 31.7. The molecule has 2 heterocycles. The molecule has 0 radical (unpaired) electrons. The van der Waals surface area contributed by atoms with Crippen LogP contribution in [0.1, 0.15) is 11.1 Å². The summed E-state index contributed by atoms with van der Waals surface area (Å²) in [6, 6.07) is 70.1. The van der Waals surface area contributed by atoms with Crippen molar-refractivity contribution in [3.05, 3.63) is 205 Å². The normalized spacial score (nSPS) is 11.0. The molecule has 0 bridgehead atoms. The lowest BCUT2D eigenvalue weighted by Crippen LogP contribution is -2.04. The number of fused-ring (bicyclic) bond motifs is 3. The van der Waals surface area contributed by atoms with Gasteiger partial charge in [0, 0.05) is 27.5 Å². The average molecular weight is 753 g/mol. The highest BCUT2D eigenvalue weighted by Gasteiger charge is 2.22. The maximum Gasteiger partial charge on any atom is 0.166 e. The topological polar surface area (TPSA) is 91.2 Å². The highest BCUT2D eigenvalue weighted by atomic mass is 15.1. The maximum atomic E-state index is 10.1. The Balaban J connectivity index is 1.28. The summed E-state index contributed by atoms with van der Waals surface area (Å²) >= 11 is 0. The molecule has 0 atom stereocenters. The smallest absolute Gasteiger partial charge is 0.166 e. The number of aromatic nitrogens is 4. The van der Waals surface area contributed by atoms with E-state index in [0.717, 1.165) is 72.0 Å². The van der Waals surface area contributed by atoms with Crippen LogP contribution in [0.5, 0.6) is 0 Å². The zero-order valence-electron chi connectivity index (χ0n) is 31.7. The monoisotopic (exact) mass is 752 g/mol. The third-order valence-electron chi connectivity index (χ3n) is 10.8. The molecule has 0 unspecified atom stereocenters. The molecular weight excluding hydrogens is 721 g/mol. The van der Waals surface area contributed by atoms with E-state index in [4.69, 9.17) is 15.0 Å². The van der Waals surface area contributed by atoms with E-state index >= 15 is 0 Å². The highest BCUT2D eigenvalue weighted by Crippen LogP contribution is 2.41. The van der Waals surface area contributed by atoms with Crippen LogP contribution in [0.4, 0.5) is 0 Å². The van der Waals surface area contributed by atoms with E-state index < -0.39 is 0 Å². The van der Waals surface area contributed by atoms with E-state index in [1.165, 1.54) is 0 Å². The van der Waals surface area contributed by atoms with Crippen LogP contribution in [0.3, 0.4) is 0 Å². The molecule has 10 aromatic rings.